The van der Waals surface area contributed by atoms with Crippen LogP contribution in [0, 0.1) is 0 Å². The number of hydrogen-bond acceptors (Lipinski definition) is 4. The van der Waals surface area contributed by atoms with Crippen LogP contribution >= 0.6 is 0 Å². The Kier molecular flexibility index (Phi) is 6.32. The van der Waals surface area contributed by atoms with E-state index in [1.54, 1.807) is 18.5 Å². The highest BCUT2D eigenvalue weighted by Gasteiger charge is 1.99. The van der Waals surface area contributed by atoms with Crippen molar-refractivity contribution < 1.29 is 9.53 Å². The molecule has 0 saturated carbocycles. The van der Waals surface area contributed by atoms with E-state index in [0.717, 1.165) is 23.5 Å². The molecule has 0 bridgehead atoms. The molecular weight excluding hydrogens is 290 g/mol. The average molecular weight is 311 g/mol. The van der Waals surface area contributed by atoms with Crippen LogP contribution in [-0.4, -0.2) is 43.0 Å². The van der Waals surface area contributed by atoms with Gasteiger partial charge in [0, 0.05) is 30.7 Å². The number of carbonyl (C=O) groups excluding carboxylic acids is 1. The normalized spacial score (nSPS) is 10.9. The maximum Gasteiger partial charge on any atom is 0.248 e. The molecule has 0 unspecified atom stereocenters. The quantitative estimate of drug-likeness (QED) is 0.799. The molecule has 1 N–H and O–H groups in total. The second-order valence-corrected chi connectivity index (χ2v) is 5.28. The van der Waals surface area contributed by atoms with E-state index in [-0.39, 0.29) is 5.91 Å². The predicted molar refractivity (Wildman–Crippen MR) is 92.4 cm³/mol. The molecular formula is C18H21N3O2. The van der Waals surface area contributed by atoms with Gasteiger partial charge in [0.05, 0.1) is 0 Å². The molecule has 120 valence electrons. The van der Waals surface area contributed by atoms with Crippen LogP contribution in [-0.2, 0) is 4.79 Å². The summed E-state index contributed by atoms with van der Waals surface area (Å²) in [4.78, 5) is 17.9. The minimum absolute atomic E-state index is 0.178. The number of hydrogen-bond donors (Lipinski definition) is 1. The third kappa shape index (κ3) is 6.32. The third-order valence-corrected chi connectivity index (χ3v) is 3.06. The van der Waals surface area contributed by atoms with Crippen molar-refractivity contribution in [3.05, 3.63) is 60.4 Å². The molecule has 1 aromatic heterocycles. The summed E-state index contributed by atoms with van der Waals surface area (Å²) < 4.78 is 5.61. The van der Waals surface area contributed by atoms with Crippen LogP contribution in [0.15, 0.2) is 54.9 Å². The van der Waals surface area contributed by atoms with Crippen LogP contribution < -0.4 is 10.1 Å². The molecule has 1 heterocycles. The van der Waals surface area contributed by atoms with E-state index in [1.165, 1.54) is 6.08 Å². The molecule has 0 saturated heterocycles. The zero-order valence-corrected chi connectivity index (χ0v) is 13.4. The van der Waals surface area contributed by atoms with E-state index >= 15 is 0 Å². The zero-order valence-electron chi connectivity index (χ0n) is 13.4. The SMILES string of the molecule is CN(C)CCOc1ccc(NC(=O)/C=C/c2ccncc2)cc1. The molecule has 0 aliphatic heterocycles. The lowest BCUT2D eigenvalue weighted by atomic mass is 10.2. The van der Waals surface area contributed by atoms with Gasteiger partial charge in [-0.2, -0.15) is 0 Å². The molecule has 2 rings (SSSR count). The monoisotopic (exact) mass is 311 g/mol. The van der Waals surface area contributed by atoms with Crippen LogP contribution in [0.5, 0.6) is 5.75 Å². The predicted octanol–water partition coefficient (Wildman–Crippen LogP) is 2.67. The summed E-state index contributed by atoms with van der Waals surface area (Å²) in [7, 11) is 4.00. The molecule has 0 atom stereocenters. The Morgan fingerprint density at radius 3 is 2.52 bits per heavy atom. The molecule has 5 nitrogen and oxygen atoms in total. The van der Waals surface area contributed by atoms with Crippen LogP contribution in [0.3, 0.4) is 0 Å². The first-order valence-corrected chi connectivity index (χ1v) is 7.40. The fraction of sp³-hybridized carbons (Fsp3) is 0.222. The number of benzene rings is 1. The van der Waals surface area contributed by atoms with Gasteiger partial charge in [0.15, 0.2) is 0 Å². The minimum Gasteiger partial charge on any atom is -0.492 e. The molecule has 2 aromatic rings. The van der Waals surface area contributed by atoms with Gasteiger partial charge in [-0.1, -0.05) is 0 Å². The maximum absolute atomic E-state index is 11.9. The minimum atomic E-state index is -0.178. The number of amides is 1. The lowest BCUT2D eigenvalue weighted by Crippen LogP contribution is -2.19. The molecule has 0 fully saturated rings. The highest BCUT2D eigenvalue weighted by atomic mass is 16.5. The summed E-state index contributed by atoms with van der Waals surface area (Å²) in [5, 5.41) is 2.81. The average Bonchev–Trinajstić information content (AvgIpc) is 2.55. The third-order valence-electron chi connectivity index (χ3n) is 3.06. The Labute approximate surface area is 136 Å². The number of likely N-dealkylation sites (N-methyl/N-ethyl adjacent to an activating group) is 1. The fourth-order valence-electron chi connectivity index (χ4n) is 1.81. The summed E-state index contributed by atoms with van der Waals surface area (Å²) in [6, 6.07) is 11.0. The smallest absolute Gasteiger partial charge is 0.248 e. The van der Waals surface area contributed by atoms with Gasteiger partial charge >= 0.3 is 0 Å². The molecule has 0 aliphatic rings. The number of anilines is 1. The Morgan fingerprint density at radius 2 is 1.87 bits per heavy atom. The first kappa shape index (κ1) is 16.7. The van der Waals surface area contributed by atoms with Gasteiger partial charge in [-0.25, -0.2) is 0 Å². The van der Waals surface area contributed by atoms with Gasteiger partial charge in [-0.3, -0.25) is 9.78 Å². The summed E-state index contributed by atoms with van der Waals surface area (Å²) in [5.41, 5.74) is 1.66. The molecule has 0 aliphatic carbocycles. The van der Waals surface area contributed by atoms with Gasteiger partial charge in [-0.05, 0) is 62.1 Å². The van der Waals surface area contributed by atoms with Crippen molar-refractivity contribution in [1.82, 2.24) is 9.88 Å². The fourth-order valence-corrected chi connectivity index (χ4v) is 1.81. The number of nitrogens with one attached hydrogen (secondary N) is 1. The van der Waals surface area contributed by atoms with Crippen molar-refractivity contribution in [2.45, 2.75) is 0 Å². The maximum atomic E-state index is 11.9. The number of nitrogens with zero attached hydrogens (tertiary/aromatic N) is 2. The number of carbonyl (C=O) groups is 1. The second-order valence-electron chi connectivity index (χ2n) is 5.28. The van der Waals surface area contributed by atoms with Crippen LogP contribution in [0.1, 0.15) is 5.56 Å². The molecule has 1 aromatic carbocycles. The second kappa shape index (κ2) is 8.70. The standard InChI is InChI=1S/C18H21N3O2/c1-21(2)13-14-23-17-6-4-16(5-7-17)20-18(22)8-3-15-9-11-19-12-10-15/h3-12H,13-14H2,1-2H3,(H,20,22)/b8-3+. The van der Waals surface area contributed by atoms with E-state index in [9.17, 15) is 4.79 Å². The first-order valence-electron chi connectivity index (χ1n) is 7.40. The van der Waals surface area contributed by atoms with E-state index in [0.29, 0.717) is 6.61 Å². The van der Waals surface area contributed by atoms with Crippen molar-refractivity contribution in [1.29, 1.82) is 0 Å². The lowest BCUT2D eigenvalue weighted by Gasteiger charge is -2.11. The number of ether oxygens (including phenoxy) is 1. The summed E-state index contributed by atoms with van der Waals surface area (Å²) in [5.74, 6) is 0.611. The van der Waals surface area contributed by atoms with E-state index in [4.69, 9.17) is 4.74 Å². The Morgan fingerprint density at radius 1 is 1.17 bits per heavy atom. The van der Waals surface area contributed by atoms with E-state index < -0.39 is 0 Å². The van der Waals surface area contributed by atoms with Crippen LogP contribution in [0.25, 0.3) is 6.08 Å². The topological polar surface area (TPSA) is 54.5 Å². The molecule has 0 spiro atoms. The van der Waals surface area contributed by atoms with Crippen molar-refractivity contribution >= 4 is 17.7 Å². The number of rotatable bonds is 7. The van der Waals surface area contributed by atoms with Crippen molar-refractivity contribution in [3.8, 4) is 5.75 Å². The zero-order chi connectivity index (χ0) is 16.5. The van der Waals surface area contributed by atoms with E-state index in [2.05, 4.69) is 15.2 Å². The van der Waals surface area contributed by atoms with Gasteiger partial charge in [-0.15, -0.1) is 0 Å². The molecule has 5 heteroatoms. The van der Waals surface area contributed by atoms with Crippen LogP contribution in [0.2, 0.25) is 0 Å². The van der Waals surface area contributed by atoms with Crippen molar-refractivity contribution in [3.63, 3.8) is 0 Å². The number of pyridine rings is 1. The largest absolute Gasteiger partial charge is 0.492 e. The molecule has 23 heavy (non-hydrogen) atoms. The highest BCUT2D eigenvalue weighted by molar-refractivity contribution is 6.01. The molecule has 0 radical (unpaired) electrons. The summed E-state index contributed by atoms with van der Waals surface area (Å²) >= 11 is 0. The first-order chi connectivity index (χ1) is 11.1. The lowest BCUT2D eigenvalue weighted by molar-refractivity contribution is -0.111. The van der Waals surface area contributed by atoms with Gasteiger partial charge < -0.3 is 15.0 Å². The van der Waals surface area contributed by atoms with E-state index in [1.807, 2.05) is 50.5 Å². The summed E-state index contributed by atoms with van der Waals surface area (Å²) in [6.45, 7) is 1.49. The summed E-state index contributed by atoms with van der Waals surface area (Å²) in [6.07, 6.45) is 6.62. The Hall–Kier alpha value is -2.66. The van der Waals surface area contributed by atoms with Crippen LogP contribution in [0.4, 0.5) is 5.69 Å². The van der Waals surface area contributed by atoms with Crippen molar-refractivity contribution in [2.75, 3.05) is 32.6 Å². The molecule has 1 amide bonds. The van der Waals surface area contributed by atoms with Gasteiger partial charge in [0.2, 0.25) is 5.91 Å². The number of aromatic nitrogens is 1. The highest BCUT2D eigenvalue weighted by Crippen LogP contribution is 2.15. The van der Waals surface area contributed by atoms with Crippen molar-refractivity contribution in [2.24, 2.45) is 0 Å². The van der Waals surface area contributed by atoms with Gasteiger partial charge in [0.25, 0.3) is 0 Å². The Balaban J connectivity index is 1.83. The van der Waals surface area contributed by atoms with Gasteiger partial charge in [0.1, 0.15) is 12.4 Å². The Bertz CT molecular complexity index is 637.